The van der Waals surface area contributed by atoms with Gasteiger partial charge >= 0.3 is 10.2 Å². The fourth-order valence-electron chi connectivity index (χ4n) is 8.93. The Bertz CT molecular complexity index is 2270. The topological polar surface area (TPSA) is 119 Å². The maximum atomic E-state index is 14.6. The van der Waals surface area contributed by atoms with Crippen molar-refractivity contribution in [3.8, 4) is 11.1 Å². The molecule has 1 saturated heterocycles. The molecule has 2 aromatic carbocycles. The number of carbonyl (C=O) groups excluding carboxylic acids is 2. The summed E-state index contributed by atoms with van der Waals surface area (Å²) >= 11 is 0. The number of nitrogens with one attached hydrogen (secondary N) is 1. The number of nitrogens with zero attached hydrogens (tertiary/aromatic N) is 5. The van der Waals surface area contributed by atoms with Crippen LogP contribution in [0.25, 0.3) is 27.6 Å². The molecule has 1 aliphatic heterocycles. The lowest BCUT2D eigenvalue weighted by Gasteiger charge is -2.37. The number of ether oxygens (including phenoxy) is 1. The van der Waals surface area contributed by atoms with Gasteiger partial charge in [0.2, 0.25) is 5.91 Å². The molecule has 0 atom stereocenters. The Morgan fingerprint density at radius 1 is 0.964 bits per heavy atom. The Balaban J connectivity index is 1.25. The lowest BCUT2D eigenvalue weighted by molar-refractivity contribution is -0.142. The summed E-state index contributed by atoms with van der Waals surface area (Å²) in [6, 6.07) is 16.0. The van der Waals surface area contributed by atoms with Crippen LogP contribution in [0, 0.1) is 5.41 Å². The lowest BCUT2D eigenvalue weighted by atomic mass is 9.80. The van der Waals surface area contributed by atoms with Crippen LogP contribution in [0.4, 0.5) is 0 Å². The Hall–Kier alpha value is -4.68. The number of aromatic nitrogens is 3. The van der Waals surface area contributed by atoms with Gasteiger partial charge < -0.3 is 14.2 Å². The molecule has 0 radical (unpaired) electrons. The van der Waals surface area contributed by atoms with Gasteiger partial charge in [0.25, 0.3) is 5.91 Å². The highest BCUT2D eigenvalue weighted by molar-refractivity contribution is 7.87. The highest BCUT2D eigenvalue weighted by Gasteiger charge is 2.38. The number of fused-ring (bicyclic) bond motifs is 1. The monoisotopic (exact) mass is 780 g/mol. The van der Waals surface area contributed by atoms with Gasteiger partial charge in [-0.1, -0.05) is 55.7 Å². The van der Waals surface area contributed by atoms with Crippen molar-refractivity contribution >= 4 is 38.5 Å². The first-order valence-electron chi connectivity index (χ1n) is 20.0. The zero-order valence-electron chi connectivity index (χ0n) is 33.7. The van der Waals surface area contributed by atoms with Crippen molar-refractivity contribution in [2.45, 2.75) is 97.1 Å². The van der Waals surface area contributed by atoms with E-state index >= 15 is 0 Å². The smallest absolute Gasteiger partial charge is 0.303 e. The van der Waals surface area contributed by atoms with E-state index in [1.807, 2.05) is 55.3 Å². The second kappa shape index (κ2) is 16.1. The van der Waals surface area contributed by atoms with Gasteiger partial charge in [-0.05, 0) is 99.3 Å². The van der Waals surface area contributed by atoms with Crippen molar-refractivity contribution < 1.29 is 22.7 Å². The summed E-state index contributed by atoms with van der Waals surface area (Å²) in [7, 11) is 0.484. The summed E-state index contributed by atoms with van der Waals surface area (Å²) in [5.74, 6) is 0.669. The van der Waals surface area contributed by atoms with E-state index in [0.717, 1.165) is 94.7 Å². The number of allylic oxidation sites excluding steroid dienone is 4. The molecular weight excluding hydrogens is 725 g/mol. The number of methoxy groups -OCH3 is 1. The molecule has 12 heteroatoms. The predicted molar refractivity (Wildman–Crippen MR) is 221 cm³/mol. The van der Waals surface area contributed by atoms with E-state index in [1.165, 1.54) is 31.7 Å². The highest BCUT2D eigenvalue weighted by Crippen LogP contribution is 2.46. The van der Waals surface area contributed by atoms with E-state index in [4.69, 9.17) is 9.84 Å². The van der Waals surface area contributed by atoms with Crippen LogP contribution in [0.2, 0.25) is 0 Å². The predicted octanol–water partition coefficient (Wildman–Crippen LogP) is 8.08. The zero-order valence-corrected chi connectivity index (χ0v) is 34.5. The quantitative estimate of drug-likeness (QED) is 0.165. The highest BCUT2D eigenvalue weighted by atomic mass is 32.2. The first-order chi connectivity index (χ1) is 26.8. The molecule has 2 aliphatic carbocycles. The maximum Gasteiger partial charge on any atom is 0.303 e. The van der Waals surface area contributed by atoms with Crippen molar-refractivity contribution in [2.75, 3.05) is 34.3 Å². The minimum Gasteiger partial charge on any atom is -0.501 e. The van der Waals surface area contributed by atoms with Gasteiger partial charge in [-0.15, -0.1) is 0 Å². The van der Waals surface area contributed by atoms with Crippen molar-refractivity contribution in [1.29, 1.82) is 0 Å². The minimum absolute atomic E-state index is 0.0929. The lowest BCUT2D eigenvalue weighted by Crippen LogP contribution is -2.47. The molecule has 0 bridgehead atoms. The summed E-state index contributed by atoms with van der Waals surface area (Å²) < 4.78 is 38.6. The van der Waals surface area contributed by atoms with Gasteiger partial charge in [0, 0.05) is 74.1 Å². The molecule has 3 aliphatic rings. The van der Waals surface area contributed by atoms with E-state index in [9.17, 15) is 18.0 Å². The summed E-state index contributed by atoms with van der Waals surface area (Å²) in [5.41, 5.74) is 7.27. The fraction of sp³-hybridized carbons (Fsp3) is 0.477. The number of rotatable bonds is 11. The molecule has 4 aromatic rings. The average Bonchev–Trinajstić information content (AvgIpc) is 3.81. The van der Waals surface area contributed by atoms with Gasteiger partial charge in [0.15, 0.2) is 0 Å². The average molecular weight is 781 g/mol. The second-order valence-electron chi connectivity index (χ2n) is 16.6. The fourth-order valence-corrected chi connectivity index (χ4v) is 9.47. The molecule has 1 N–H and O–H groups in total. The van der Waals surface area contributed by atoms with Crippen LogP contribution in [0.15, 0.2) is 78.3 Å². The second-order valence-corrected chi connectivity index (χ2v) is 18.5. The standard InChI is InChI=1S/C44H56N6O5S/c1-30-25-36(55-6)18-20-37(30)41-40(32-15-11-8-12-16-32)38-19-17-33(42(51)46-56(53,54)47(4)5)26-39(38)49(41)29-44(2,3)43(52)48-23-21-35(22-24-48)50-28-34(27-45-50)31-13-9-7-10-14-31/h7,9-10,13-14,17,19,25-28,32,35H,8,11-12,15-16,18,20-24,29H2,1-6H3,(H,46,51). The van der Waals surface area contributed by atoms with E-state index in [0.29, 0.717) is 25.6 Å². The van der Waals surface area contributed by atoms with Crippen molar-refractivity contribution in [2.24, 2.45) is 5.41 Å². The first kappa shape index (κ1) is 39.6. The Labute approximate surface area is 331 Å². The van der Waals surface area contributed by atoms with E-state index in [2.05, 4.69) is 45.3 Å². The largest absolute Gasteiger partial charge is 0.501 e. The molecule has 3 heterocycles. The first-order valence-corrected chi connectivity index (χ1v) is 21.5. The summed E-state index contributed by atoms with van der Waals surface area (Å²) in [5, 5.41) is 5.76. The number of hydrogen-bond donors (Lipinski definition) is 1. The Morgan fingerprint density at radius 2 is 1.68 bits per heavy atom. The normalized spacial score (nSPS) is 17.8. The van der Waals surface area contributed by atoms with Crippen LogP contribution in [-0.2, 0) is 26.3 Å². The van der Waals surface area contributed by atoms with Gasteiger partial charge in [-0.3, -0.25) is 14.3 Å². The molecule has 2 fully saturated rings. The molecule has 2 amide bonds. The van der Waals surface area contributed by atoms with Crippen LogP contribution < -0.4 is 4.72 Å². The molecule has 11 nitrogen and oxygen atoms in total. The minimum atomic E-state index is -4.00. The van der Waals surface area contributed by atoms with E-state index in [1.54, 1.807) is 13.2 Å². The van der Waals surface area contributed by atoms with Gasteiger partial charge in [-0.25, -0.2) is 4.72 Å². The van der Waals surface area contributed by atoms with E-state index < -0.39 is 21.5 Å². The third-order valence-electron chi connectivity index (χ3n) is 12.1. The molecule has 298 valence electrons. The van der Waals surface area contributed by atoms with Gasteiger partial charge in [-0.2, -0.15) is 17.8 Å². The maximum absolute atomic E-state index is 14.6. The Kier molecular flexibility index (Phi) is 11.3. The zero-order chi connectivity index (χ0) is 39.8. The molecule has 0 unspecified atom stereocenters. The molecule has 2 aromatic heterocycles. The number of hydrogen-bond acceptors (Lipinski definition) is 6. The van der Waals surface area contributed by atoms with Crippen LogP contribution in [-0.4, -0.2) is 78.1 Å². The van der Waals surface area contributed by atoms with Crippen LogP contribution in [0.5, 0.6) is 0 Å². The summed E-state index contributed by atoms with van der Waals surface area (Å²) in [4.78, 5) is 30.2. The Morgan fingerprint density at radius 3 is 2.34 bits per heavy atom. The SMILES string of the molecule is COC1=CC(C)=C(c2c(C3CCCCC3)c3ccc(C(=O)NS(=O)(=O)N(C)C)cc3n2CC(C)(C)C(=O)N2CCC(n3cc(-c4ccccc4)cn3)CC2)CC1. The molecule has 56 heavy (non-hydrogen) atoms. The van der Waals surface area contributed by atoms with E-state index in [-0.39, 0.29) is 17.5 Å². The number of likely N-dealkylation sites (tertiary alicyclic amines) is 1. The van der Waals surface area contributed by atoms with Crippen molar-refractivity contribution in [1.82, 2.24) is 28.3 Å². The molecular formula is C44H56N6O5S. The van der Waals surface area contributed by atoms with Crippen LogP contribution in [0.1, 0.15) is 112 Å². The van der Waals surface area contributed by atoms with Gasteiger partial charge in [0.05, 0.1) is 30.5 Å². The molecule has 0 spiro atoms. The summed E-state index contributed by atoms with van der Waals surface area (Å²) in [6.07, 6.45) is 15.0. The molecule has 7 rings (SSSR count). The number of amides is 2. The third-order valence-corrected chi connectivity index (χ3v) is 13.5. The number of benzene rings is 2. The van der Waals surface area contributed by atoms with Gasteiger partial charge in [0.1, 0.15) is 0 Å². The van der Waals surface area contributed by atoms with Crippen LogP contribution in [0.3, 0.4) is 0 Å². The third kappa shape index (κ3) is 7.95. The molecule has 1 saturated carbocycles. The number of piperidine rings is 1. The van der Waals surface area contributed by atoms with Crippen molar-refractivity contribution in [3.63, 3.8) is 0 Å². The van der Waals surface area contributed by atoms with Crippen LogP contribution >= 0.6 is 0 Å². The number of carbonyl (C=O) groups is 2. The summed E-state index contributed by atoms with van der Waals surface area (Å²) in [6.45, 7) is 7.86. The van der Waals surface area contributed by atoms with Crippen molar-refractivity contribution in [3.05, 3.63) is 95.2 Å².